The Hall–Kier alpha value is -1.58. The molecule has 0 radical (unpaired) electrons. The molecule has 82 valence electrons. The van der Waals surface area contributed by atoms with Crippen molar-refractivity contribution in [1.29, 1.82) is 0 Å². The van der Waals surface area contributed by atoms with Crippen molar-refractivity contribution in [2.24, 2.45) is 0 Å². The van der Waals surface area contributed by atoms with Gasteiger partial charge < -0.3 is 10.5 Å². The van der Waals surface area contributed by atoms with Gasteiger partial charge in [0.25, 0.3) is 0 Å². The van der Waals surface area contributed by atoms with Crippen molar-refractivity contribution in [1.82, 2.24) is 4.98 Å². The van der Waals surface area contributed by atoms with E-state index >= 15 is 0 Å². The van der Waals surface area contributed by atoms with E-state index in [4.69, 9.17) is 10.5 Å². The van der Waals surface area contributed by atoms with Crippen LogP contribution >= 0.6 is 0 Å². The van der Waals surface area contributed by atoms with E-state index in [0.717, 1.165) is 18.4 Å². The molecule has 0 aliphatic heterocycles. The van der Waals surface area contributed by atoms with Crippen LogP contribution in [0.15, 0.2) is 12.3 Å². The molecule has 0 fully saturated rings. The van der Waals surface area contributed by atoms with Gasteiger partial charge >= 0.3 is 5.97 Å². The number of carbonyl (C=O) groups is 1. The smallest absolute Gasteiger partial charge is 0.359 e. The number of nitrogen functional groups attached to an aromatic ring is 1. The Morgan fingerprint density at radius 1 is 1.53 bits per heavy atom. The molecule has 0 spiro atoms. The van der Waals surface area contributed by atoms with E-state index < -0.39 is 5.97 Å². The monoisotopic (exact) mass is 208 g/mol. The molecule has 0 aromatic carbocycles. The Morgan fingerprint density at radius 2 is 2.27 bits per heavy atom. The molecule has 0 amide bonds. The number of pyridine rings is 1. The van der Waals surface area contributed by atoms with Crippen LogP contribution in [0.2, 0.25) is 0 Å². The van der Waals surface area contributed by atoms with Gasteiger partial charge in [0, 0.05) is 6.20 Å². The van der Waals surface area contributed by atoms with Crippen molar-refractivity contribution in [2.75, 3.05) is 12.3 Å². The standard InChI is InChI=1S/C11H16N2O2/c1-3-5-8-6-7-13-10(9(8)12)11(14)15-4-2/h6-7H,3-5,12H2,1-2H3. The number of esters is 1. The summed E-state index contributed by atoms with van der Waals surface area (Å²) in [5, 5.41) is 0. The highest BCUT2D eigenvalue weighted by Crippen LogP contribution is 2.17. The van der Waals surface area contributed by atoms with Crippen molar-refractivity contribution < 1.29 is 9.53 Å². The molecule has 15 heavy (non-hydrogen) atoms. The first kappa shape index (κ1) is 11.5. The number of rotatable bonds is 4. The Kier molecular flexibility index (Phi) is 4.09. The molecule has 1 aromatic heterocycles. The van der Waals surface area contributed by atoms with Crippen LogP contribution < -0.4 is 5.73 Å². The van der Waals surface area contributed by atoms with Crippen LogP contribution in [-0.4, -0.2) is 17.6 Å². The molecule has 0 unspecified atom stereocenters. The van der Waals surface area contributed by atoms with E-state index in [1.807, 2.05) is 6.07 Å². The maximum atomic E-state index is 11.5. The van der Waals surface area contributed by atoms with Gasteiger partial charge in [-0.25, -0.2) is 9.78 Å². The lowest BCUT2D eigenvalue weighted by Crippen LogP contribution is -2.12. The zero-order valence-corrected chi connectivity index (χ0v) is 9.12. The highest BCUT2D eigenvalue weighted by Gasteiger charge is 2.14. The summed E-state index contributed by atoms with van der Waals surface area (Å²) in [4.78, 5) is 15.4. The van der Waals surface area contributed by atoms with Crippen LogP contribution in [0.1, 0.15) is 36.3 Å². The first-order valence-electron chi connectivity index (χ1n) is 5.11. The summed E-state index contributed by atoms with van der Waals surface area (Å²) in [6.45, 7) is 4.14. The van der Waals surface area contributed by atoms with Crippen LogP contribution in [-0.2, 0) is 11.2 Å². The number of ether oxygens (including phenoxy) is 1. The Balaban J connectivity index is 2.98. The van der Waals surface area contributed by atoms with E-state index in [2.05, 4.69) is 11.9 Å². The number of nitrogens with zero attached hydrogens (tertiary/aromatic N) is 1. The summed E-state index contributed by atoms with van der Waals surface area (Å²) in [5.74, 6) is -0.451. The lowest BCUT2D eigenvalue weighted by molar-refractivity contribution is 0.0520. The van der Waals surface area contributed by atoms with Gasteiger partial charge in [0.2, 0.25) is 0 Å². The van der Waals surface area contributed by atoms with Crippen molar-refractivity contribution in [3.8, 4) is 0 Å². The zero-order chi connectivity index (χ0) is 11.3. The first-order chi connectivity index (χ1) is 7.20. The van der Waals surface area contributed by atoms with Crippen LogP contribution in [0.25, 0.3) is 0 Å². The Morgan fingerprint density at radius 3 is 2.87 bits per heavy atom. The van der Waals surface area contributed by atoms with Crippen molar-refractivity contribution >= 4 is 11.7 Å². The molecule has 0 aliphatic rings. The van der Waals surface area contributed by atoms with Crippen LogP contribution in [0.4, 0.5) is 5.69 Å². The number of hydrogen-bond acceptors (Lipinski definition) is 4. The van der Waals surface area contributed by atoms with Gasteiger partial charge in [-0.2, -0.15) is 0 Å². The minimum absolute atomic E-state index is 0.225. The van der Waals surface area contributed by atoms with Gasteiger partial charge in [-0.15, -0.1) is 0 Å². The summed E-state index contributed by atoms with van der Waals surface area (Å²) in [6, 6.07) is 1.83. The fraction of sp³-hybridized carbons (Fsp3) is 0.455. The summed E-state index contributed by atoms with van der Waals surface area (Å²) >= 11 is 0. The normalized spacial score (nSPS) is 10.0. The summed E-state index contributed by atoms with van der Waals surface area (Å²) in [5.41, 5.74) is 7.46. The van der Waals surface area contributed by atoms with Gasteiger partial charge in [-0.1, -0.05) is 13.3 Å². The summed E-state index contributed by atoms with van der Waals surface area (Å²) < 4.78 is 4.86. The molecule has 1 aromatic rings. The highest BCUT2D eigenvalue weighted by atomic mass is 16.5. The van der Waals surface area contributed by atoms with Crippen LogP contribution in [0.3, 0.4) is 0 Å². The predicted octanol–water partition coefficient (Wildman–Crippen LogP) is 1.79. The second-order valence-corrected chi connectivity index (χ2v) is 3.20. The number of anilines is 1. The van der Waals surface area contributed by atoms with E-state index in [1.54, 1.807) is 13.1 Å². The highest BCUT2D eigenvalue weighted by molar-refractivity contribution is 5.93. The van der Waals surface area contributed by atoms with Gasteiger partial charge in [0.05, 0.1) is 12.3 Å². The zero-order valence-electron chi connectivity index (χ0n) is 9.12. The fourth-order valence-corrected chi connectivity index (χ4v) is 1.36. The van der Waals surface area contributed by atoms with Crippen LogP contribution in [0, 0.1) is 0 Å². The molecule has 0 saturated carbocycles. The molecule has 0 saturated heterocycles. The predicted molar refractivity (Wildman–Crippen MR) is 58.6 cm³/mol. The average molecular weight is 208 g/mol. The van der Waals surface area contributed by atoms with Crippen LogP contribution in [0.5, 0.6) is 0 Å². The van der Waals surface area contributed by atoms with Crippen molar-refractivity contribution in [3.63, 3.8) is 0 Å². The largest absolute Gasteiger partial charge is 0.461 e. The van der Waals surface area contributed by atoms with E-state index in [-0.39, 0.29) is 5.69 Å². The summed E-state index contributed by atoms with van der Waals surface area (Å²) in [7, 11) is 0. The maximum Gasteiger partial charge on any atom is 0.359 e. The quantitative estimate of drug-likeness (QED) is 0.766. The third-order valence-electron chi connectivity index (χ3n) is 2.07. The van der Waals surface area contributed by atoms with Gasteiger partial charge in [-0.3, -0.25) is 0 Å². The Labute approximate surface area is 89.5 Å². The minimum Gasteiger partial charge on any atom is -0.461 e. The molecule has 0 atom stereocenters. The van der Waals surface area contributed by atoms with E-state index in [0.29, 0.717) is 12.3 Å². The van der Waals surface area contributed by atoms with E-state index in [9.17, 15) is 4.79 Å². The topological polar surface area (TPSA) is 65.2 Å². The molecule has 1 heterocycles. The molecule has 0 aliphatic carbocycles. The van der Waals surface area contributed by atoms with Crippen molar-refractivity contribution in [3.05, 3.63) is 23.5 Å². The fourth-order valence-electron chi connectivity index (χ4n) is 1.36. The second kappa shape index (κ2) is 5.34. The third-order valence-corrected chi connectivity index (χ3v) is 2.07. The van der Waals surface area contributed by atoms with Gasteiger partial charge in [0.15, 0.2) is 5.69 Å². The first-order valence-corrected chi connectivity index (χ1v) is 5.11. The molecule has 1 rings (SSSR count). The summed E-state index contributed by atoms with van der Waals surface area (Å²) in [6.07, 6.45) is 3.42. The molecular formula is C11H16N2O2. The van der Waals surface area contributed by atoms with E-state index in [1.165, 1.54) is 0 Å². The maximum absolute atomic E-state index is 11.5. The molecule has 2 N–H and O–H groups in total. The van der Waals surface area contributed by atoms with Gasteiger partial charge in [-0.05, 0) is 25.0 Å². The number of hydrogen-bond donors (Lipinski definition) is 1. The lowest BCUT2D eigenvalue weighted by atomic mass is 10.1. The minimum atomic E-state index is -0.451. The number of carbonyl (C=O) groups excluding carboxylic acids is 1. The SMILES string of the molecule is CCCc1ccnc(C(=O)OCC)c1N. The average Bonchev–Trinajstić information content (AvgIpc) is 2.22. The molecule has 4 nitrogen and oxygen atoms in total. The number of nitrogens with two attached hydrogens (primary N) is 1. The number of aryl methyl sites for hydroxylation is 1. The lowest BCUT2D eigenvalue weighted by Gasteiger charge is -2.08. The molecule has 0 bridgehead atoms. The Bertz CT molecular complexity index is 350. The third kappa shape index (κ3) is 2.68. The second-order valence-electron chi connectivity index (χ2n) is 3.20. The van der Waals surface area contributed by atoms with Gasteiger partial charge in [0.1, 0.15) is 0 Å². The molecule has 4 heteroatoms. The van der Waals surface area contributed by atoms with Crippen molar-refractivity contribution in [2.45, 2.75) is 26.7 Å². The molecular weight excluding hydrogens is 192 g/mol. The number of aromatic nitrogens is 1.